The zero-order chi connectivity index (χ0) is 15.3. The lowest BCUT2D eigenvalue weighted by molar-refractivity contribution is 0.0697. The first-order chi connectivity index (χ1) is 9.91. The molecule has 0 bridgehead atoms. The fourth-order valence-electron chi connectivity index (χ4n) is 2.30. The van der Waals surface area contributed by atoms with Crippen LogP contribution in [-0.2, 0) is 0 Å². The standard InChI is InChI=1S/C14H10N2O4S/c1-6-3-4-8-9(5-6)12(18)16(11(8)17)13-10(14(19)20)7(2)15-21-13/h3-5H,1-2H3,(H,19,20). The predicted molar refractivity (Wildman–Crippen MR) is 76.1 cm³/mol. The fourth-order valence-corrected chi connectivity index (χ4v) is 3.18. The van der Waals surface area contributed by atoms with E-state index in [1.807, 2.05) is 6.92 Å². The Kier molecular flexibility index (Phi) is 2.87. The van der Waals surface area contributed by atoms with Crippen LogP contribution in [0.1, 0.15) is 42.3 Å². The number of aromatic carboxylic acids is 1. The van der Waals surface area contributed by atoms with Crippen molar-refractivity contribution in [3.05, 3.63) is 46.1 Å². The number of hydrogen-bond acceptors (Lipinski definition) is 5. The molecule has 0 radical (unpaired) electrons. The van der Waals surface area contributed by atoms with Gasteiger partial charge in [-0.15, -0.1) is 0 Å². The molecule has 106 valence electrons. The minimum absolute atomic E-state index is 0.0591. The number of imide groups is 1. The molecule has 0 atom stereocenters. The second-order valence-corrected chi connectivity index (χ2v) is 5.50. The summed E-state index contributed by atoms with van der Waals surface area (Å²) in [5.41, 5.74) is 1.62. The fraction of sp³-hybridized carbons (Fsp3) is 0.143. The minimum atomic E-state index is -1.20. The highest BCUT2D eigenvalue weighted by Crippen LogP contribution is 2.35. The Balaban J connectivity index is 2.17. The van der Waals surface area contributed by atoms with Crippen LogP contribution in [0.2, 0.25) is 0 Å². The van der Waals surface area contributed by atoms with Gasteiger partial charge in [-0.25, -0.2) is 9.69 Å². The van der Waals surface area contributed by atoms with Gasteiger partial charge in [0.15, 0.2) is 0 Å². The first-order valence-electron chi connectivity index (χ1n) is 6.11. The monoisotopic (exact) mass is 302 g/mol. The molecule has 1 aromatic carbocycles. The number of rotatable bonds is 2. The Bertz CT molecular complexity index is 809. The van der Waals surface area contributed by atoms with Gasteiger partial charge in [-0.05, 0) is 37.5 Å². The third kappa shape index (κ3) is 1.85. The van der Waals surface area contributed by atoms with E-state index in [1.165, 1.54) is 6.92 Å². The van der Waals surface area contributed by atoms with Crippen LogP contribution in [0.15, 0.2) is 18.2 Å². The number of carboxylic acids is 1. The van der Waals surface area contributed by atoms with Crippen molar-refractivity contribution >= 4 is 34.3 Å². The van der Waals surface area contributed by atoms with Gasteiger partial charge in [0.25, 0.3) is 11.8 Å². The molecule has 1 N–H and O–H groups in total. The van der Waals surface area contributed by atoms with Crippen molar-refractivity contribution in [2.45, 2.75) is 13.8 Å². The van der Waals surface area contributed by atoms with Crippen LogP contribution in [-0.4, -0.2) is 27.3 Å². The van der Waals surface area contributed by atoms with E-state index in [0.29, 0.717) is 5.56 Å². The van der Waals surface area contributed by atoms with Crippen molar-refractivity contribution in [1.29, 1.82) is 0 Å². The Morgan fingerprint density at radius 2 is 1.86 bits per heavy atom. The molecular formula is C14H10N2O4S. The number of carbonyl (C=O) groups excluding carboxylic acids is 2. The molecule has 0 saturated heterocycles. The smallest absolute Gasteiger partial charge is 0.340 e. The number of aryl methyl sites for hydroxylation is 2. The summed E-state index contributed by atoms with van der Waals surface area (Å²) in [5.74, 6) is -2.23. The van der Waals surface area contributed by atoms with Crippen LogP contribution >= 0.6 is 11.5 Å². The van der Waals surface area contributed by atoms with Crippen molar-refractivity contribution in [3.63, 3.8) is 0 Å². The van der Waals surface area contributed by atoms with E-state index in [4.69, 9.17) is 0 Å². The Labute approximate surface area is 123 Å². The van der Waals surface area contributed by atoms with Crippen molar-refractivity contribution in [2.24, 2.45) is 0 Å². The van der Waals surface area contributed by atoms with Gasteiger partial charge in [0.05, 0.1) is 16.8 Å². The van der Waals surface area contributed by atoms with E-state index in [2.05, 4.69) is 4.37 Å². The summed E-state index contributed by atoms with van der Waals surface area (Å²) in [6, 6.07) is 4.95. The first kappa shape index (κ1) is 13.4. The van der Waals surface area contributed by atoms with Gasteiger partial charge in [-0.1, -0.05) is 11.6 Å². The number of fused-ring (bicyclic) bond motifs is 1. The van der Waals surface area contributed by atoms with Crippen molar-refractivity contribution in [1.82, 2.24) is 4.37 Å². The number of amides is 2. The van der Waals surface area contributed by atoms with Crippen LogP contribution in [0.5, 0.6) is 0 Å². The number of nitrogens with zero attached hydrogens (tertiary/aromatic N) is 2. The molecule has 1 aliphatic heterocycles. The summed E-state index contributed by atoms with van der Waals surface area (Å²) < 4.78 is 3.95. The topological polar surface area (TPSA) is 87.6 Å². The molecule has 3 rings (SSSR count). The summed E-state index contributed by atoms with van der Waals surface area (Å²) in [4.78, 5) is 37.0. The third-order valence-electron chi connectivity index (χ3n) is 3.30. The number of carboxylic acid groups (broad SMARTS) is 1. The number of anilines is 1. The highest BCUT2D eigenvalue weighted by Gasteiger charge is 2.40. The molecule has 0 saturated carbocycles. The van der Waals surface area contributed by atoms with Crippen molar-refractivity contribution in [2.75, 3.05) is 4.90 Å². The lowest BCUT2D eigenvalue weighted by atomic mass is 10.1. The second kappa shape index (κ2) is 4.49. The maximum atomic E-state index is 12.4. The Morgan fingerprint density at radius 3 is 2.52 bits per heavy atom. The highest BCUT2D eigenvalue weighted by atomic mass is 32.1. The van der Waals surface area contributed by atoms with Crippen molar-refractivity contribution < 1.29 is 19.5 Å². The average Bonchev–Trinajstić information content (AvgIpc) is 2.90. The summed E-state index contributed by atoms with van der Waals surface area (Å²) in [5, 5.41) is 9.31. The highest BCUT2D eigenvalue weighted by molar-refractivity contribution is 7.11. The number of hydrogen-bond donors (Lipinski definition) is 1. The first-order valence-corrected chi connectivity index (χ1v) is 6.88. The van der Waals surface area contributed by atoms with Gasteiger partial charge in [0.1, 0.15) is 10.6 Å². The van der Waals surface area contributed by atoms with E-state index >= 15 is 0 Å². The molecule has 6 nitrogen and oxygen atoms in total. The normalized spacial score (nSPS) is 13.7. The molecule has 0 spiro atoms. The molecule has 21 heavy (non-hydrogen) atoms. The van der Waals surface area contributed by atoms with E-state index in [-0.39, 0.29) is 21.8 Å². The van der Waals surface area contributed by atoms with Crippen LogP contribution in [0.3, 0.4) is 0 Å². The molecule has 0 unspecified atom stereocenters. The van der Waals surface area contributed by atoms with E-state index in [1.54, 1.807) is 18.2 Å². The van der Waals surface area contributed by atoms with Gasteiger partial charge >= 0.3 is 5.97 Å². The largest absolute Gasteiger partial charge is 0.478 e. The Morgan fingerprint density at radius 1 is 1.19 bits per heavy atom. The summed E-state index contributed by atoms with van der Waals surface area (Å²) >= 11 is 0.837. The molecule has 2 aromatic rings. The maximum Gasteiger partial charge on any atom is 0.340 e. The number of aromatic nitrogens is 1. The molecule has 2 heterocycles. The molecule has 1 aliphatic rings. The van der Waals surface area contributed by atoms with Crippen LogP contribution in [0, 0.1) is 13.8 Å². The zero-order valence-corrected chi connectivity index (χ0v) is 12.0. The predicted octanol–water partition coefficient (Wildman–Crippen LogP) is 2.26. The van der Waals surface area contributed by atoms with Crippen LogP contribution < -0.4 is 4.90 Å². The van der Waals surface area contributed by atoms with Gasteiger partial charge in [-0.3, -0.25) is 9.59 Å². The summed E-state index contributed by atoms with van der Waals surface area (Å²) in [6.07, 6.45) is 0. The molecule has 2 amide bonds. The number of carbonyl (C=O) groups is 3. The van der Waals surface area contributed by atoms with Gasteiger partial charge in [-0.2, -0.15) is 4.37 Å². The van der Waals surface area contributed by atoms with Gasteiger partial charge in [0.2, 0.25) is 0 Å². The summed E-state index contributed by atoms with van der Waals surface area (Å²) in [6.45, 7) is 3.35. The second-order valence-electron chi connectivity index (χ2n) is 4.75. The van der Waals surface area contributed by atoms with Crippen LogP contribution in [0.25, 0.3) is 0 Å². The third-order valence-corrected chi connectivity index (χ3v) is 4.23. The molecule has 1 aromatic heterocycles. The van der Waals surface area contributed by atoms with Gasteiger partial charge < -0.3 is 5.11 Å². The average molecular weight is 302 g/mol. The minimum Gasteiger partial charge on any atom is -0.478 e. The van der Waals surface area contributed by atoms with E-state index < -0.39 is 17.8 Å². The van der Waals surface area contributed by atoms with Crippen molar-refractivity contribution in [3.8, 4) is 0 Å². The quantitative estimate of drug-likeness (QED) is 0.860. The lowest BCUT2D eigenvalue weighted by Gasteiger charge is -2.11. The lowest BCUT2D eigenvalue weighted by Crippen LogP contribution is -2.30. The van der Waals surface area contributed by atoms with E-state index in [9.17, 15) is 19.5 Å². The Hall–Kier alpha value is -2.54. The number of benzene rings is 1. The zero-order valence-electron chi connectivity index (χ0n) is 11.2. The van der Waals surface area contributed by atoms with E-state index in [0.717, 1.165) is 22.0 Å². The summed E-state index contributed by atoms with van der Waals surface area (Å²) in [7, 11) is 0. The molecule has 7 heteroatoms. The SMILES string of the molecule is Cc1ccc2c(c1)C(=O)N(c1snc(C)c1C(=O)O)C2=O. The van der Waals surface area contributed by atoms with Crippen LogP contribution in [0.4, 0.5) is 5.00 Å². The molecule has 0 fully saturated rings. The maximum absolute atomic E-state index is 12.4. The molecule has 0 aliphatic carbocycles. The molecular weight excluding hydrogens is 292 g/mol. The van der Waals surface area contributed by atoms with Gasteiger partial charge in [0, 0.05) is 0 Å².